The fraction of sp³-hybridized carbons (Fsp3) is 0.400. The summed E-state index contributed by atoms with van der Waals surface area (Å²) < 4.78 is 0. The highest BCUT2D eigenvalue weighted by molar-refractivity contribution is 5.96. The summed E-state index contributed by atoms with van der Waals surface area (Å²) in [6.07, 6.45) is 7.73. The van der Waals surface area contributed by atoms with E-state index in [2.05, 4.69) is 22.4 Å². The van der Waals surface area contributed by atoms with E-state index in [1.165, 1.54) is 5.56 Å². The van der Waals surface area contributed by atoms with Crippen LogP contribution in [0.2, 0.25) is 0 Å². The van der Waals surface area contributed by atoms with E-state index in [4.69, 9.17) is 0 Å². The predicted octanol–water partition coefficient (Wildman–Crippen LogP) is 2.74. The van der Waals surface area contributed by atoms with Crippen LogP contribution in [-0.4, -0.2) is 41.3 Å². The van der Waals surface area contributed by atoms with E-state index in [-0.39, 0.29) is 11.8 Å². The quantitative estimate of drug-likeness (QED) is 0.903. The standard InChI is InChI=1S/C20H25N3O2/c24-19-9-12-23(11-6-2-5-10-22-19)20(25)18-15-21-14-17(18)13-16-7-3-1-4-8-16/h1,3-4,7-8,14-15,21H,2,5-6,9-13H2,(H,22,24). The third kappa shape index (κ3) is 4.72. The molecule has 2 N–H and O–H groups in total. The minimum absolute atomic E-state index is 0.0144. The van der Waals surface area contributed by atoms with Crippen molar-refractivity contribution in [2.45, 2.75) is 32.1 Å². The number of carbonyl (C=O) groups excluding carboxylic acids is 2. The molecule has 3 rings (SSSR count). The van der Waals surface area contributed by atoms with Crippen LogP contribution in [-0.2, 0) is 11.2 Å². The molecule has 0 spiro atoms. The molecule has 1 aliphatic rings. The fourth-order valence-corrected chi connectivity index (χ4v) is 3.20. The molecule has 1 aromatic heterocycles. The van der Waals surface area contributed by atoms with Crippen LogP contribution in [0.25, 0.3) is 0 Å². The Morgan fingerprint density at radius 2 is 1.88 bits per heavy atom. The highest BCUT2D eigenvalue weighted by Crippen LogP contribution is 2.17. The summed E-state index contributed by atoms with van der Waals surface area (Å²) in [7, 11) is 0. The Hall–Kier alpha value is -2.56. The molecule has 2 heterocycles. The smallest absolute Gasteiger partial charge is 0.255 e. The van der Waals surface area contributed by atoms with Crippen LogP contribution < -0.4 is 5.32 Å². The number of aromatic nitrogens is 1. The molecule has 1 fully saturated rings. The van der Waals surface area contributed by atoms with Crippen molar-refractivity contribution in [3.8, 4) is 0 Å². The van der Waals surface area contributed by atoms with Crippen LogP contribution in [0.4, 0.5) is 0 Å². The van der Waals surface area contributed by atoms with Crippen molar-refractivity contribution < 1.29 is 9.59 Å². The lowest BCUT2D eigenvalue weighted by molar-refractivity contribution is -0.121. The third-order valence-electron chi connectivity index (χ3n) is 4.62. The number of nitrogens with one attached hydrogen (secondary N) is 2. The van der Waals surface area contributed by atoms with Gasteiger partial charge in [0, 0.05) is 38.4 Å². The van der Waals surface area contributed by atoms with Crippen LogP contribution in [0.15, 0.2) is 42.7 Å². The summed E-state index contributed by atoms with van der Waals surface area (Å²) in [6, 6.07) is 10.1. The van der Waals surface area contributed by atoms with Gasteiger partial charge in [-0.3, -0.25) is 9.59 Å². The van der Waals surface area contributed by atoms with Gasteiger partial charge < -0.3 is 15.2 Å². The number of carbonyl (C=O) groups is 2. The summed E-state index contributed by atoms with van der Waals surface area (Å²) in [5, 5.41) is 2.91. The van der Waals surface area contributed by atoms with Crippen LogP contribution in [0.5, 0.6) is 0 Å². The number of benzene rings is 1. The van der Waals surface area contributed by atoms with Gasteiger partial charge in [0.2, 0.25) is 5.91 Å². The first-order valence-electron chi connectivity index (χ1n) is 8.99. The first-order chi connectivity index (χ1) is 12.2. The van der Waals surface area contributed by atoms with Gasteiger partial charge in [-0.1, -0.05) is 30.3 Å². The minimum Gasteiger partial charge on any atom is -0.367 e. The van der Waals surface area contributed by atoms with Gasteiger partial charge >= 0.3 is 0 Å². The fourth-order valence-electron chi connectivity index (χ4n) is 3.20. The molecule has 0 atom stereocenters. The van der Waals surface area contributed by atoms with Crippen molar-refractivity contribution in [3.63, 3.8) is 0 Å². The Morgan fingerprint density at radius 1 is 1.04 bits per heavy atom. The molecular weight excluding hydrogens is 314 g/mol. The van der Waals surface area contributed by atoms with Gasteiger partial charge in [-0.25, -0.2) is 0 Å². The van der Waals surface area contributed by atoms with Crippen molar-refractivity contribution in [1.82, 2.24) is 15.2 Å². The Kier molecular flexibility index (Phi) is 5.88. The number of hydrogen-bond donors (Lipinski definition) is 2. The van der Waals surface area contributed by atoms with Crippen LogP contribution in [0.1, 0.15) is 47.2 Å². The Labute approximate surface area is 148 Å². The number of rotatable bonds is 3. The van der Waals surface area contributed by atoms with E-state index < -0.39 is 0 Å². The van der Waals surface area contributed by atoms with Gasteiger partial charge in [-0.05, 0) is 36.8 Å². The molecule has 1 aliphatic heterocycles. The highest BCUT2D eigenvalue weighted by atomic mass is 16.2. The topological polar surface area (TPSA) is 65.2 Å². The van der Waals surface area contributed by atoms with Crippen molar-refractivity contribution in [3.05, 3.63) is 59.4 Å². The lowest BCUT2D eigenvalue weighted by atomic mass is 10.0. The van der Waals surface area contributed by atoms with E-state index in [1.807, 2.05) is 29.3 Å². The second kappa shape index (κ2) is 8.51. The molecule has 1 saturated heterocycles. The van der Waals surface area contributed by atoms with Gasteiger partial charge in [-0.15, -0.1) is 0 Å². The zero-order chi connectivity index (χ0) is 17.5. The van der Waals surface area contributed by atoms with Crippen molar-refractivity contribution in [2.24, 2.45) is 0 Å². The average Bonchev–Trinajstić information content (AvgIpc) is 3.09. The predicted molar refractivity (Wildman–Crippen MR) is 97.4 cm³/mol. The molecule has 0 saturated carbocycles. The van der Waals surface area contributed by atoms with Crippen molar-refractivity contribution in [2.75, 3.05) is 19.6 Å². The van der Waals surface area contributed by atoms with Gasteiger partial charge in [0.25, 0.3) is 5.91 Å². The number of nitrogens with zero attached hydrogens (tertiary/aromatic N) is 1. The summed E-state index contributed by atoms with van der Waals surface area (Å²) >= 11 is 0. The Bertz CT molecular complexity index is 709. The number of aromatic amines is 1. The Morgan fingerprint density at radius 3 is 2.72 bits per heavy atom. The number of H-pyrrole nitrogens is 1. The number of hydrogen-bond acceptors (Lipinski definition) is 2. The van der Waals surface area contributed by atoms with Crippen LogP contribution in [0.3, 0.4) is 0 Å². The molecule has 2 amide bonds. The molecule has 5 heteroatoms. The second-order valence-electron chi connectivity index (χ2n) is 6.51. The molecule has 2 aromatic rings. The number of amides is 2. The summed E-state index contributed by atoms with van der Waals surface area (Å²) in [5.41, 5.74) is 2.88. The molecule has 0 radical (unpaired) electrons. The first kappa shape index (κ1) is 17.3. The third-order valence-corrected chi connectivity index (χ3v) is 4.62. The normalized spacial score (nSPS) is 16.3. The lowest BCUT2D eigenvalue weighted by Crippen LogP contribution is -2.37. The monoisotopic (exact) mass is 339 g/mol. The molecule has 5 nitrogen and oxygen atoms in total. The van der Waals surface area contributed by atoms with Crippen LogP contribution >= 0.6 is 0 Å². The molecule has 1 aromatic carbocycles. The zero-order valence-corrected chi connectivity index (χ0v) is 14.5. The Balaban J connectivity index is 1.72. The highest BCUT2D eigenvalue weighted by Gasteiger charge is 2.21. The largest absolute Gasteiger partial charge is 0.367 e. The van der Waals surface area contributed by atoms with Gasteiger partial charge in [0.15, 0.2) is 0 Å². The van der Waals surface area contributed by atoms with Gasteiger partial charge in [-0.2, -0.15) is 0 Å². The maximum absolute atomic E-state index is 13.0. The van der Waals surface area contributed by atoms with E-state index in [0.29, 0.717) is 25.1 Å². The molecule has 0 unspecified atom stereocenters. The second-order valence-corrected chi connectivity index (χ2v) is 6.51. The van der Waals surface area contributed by atoms with Gasteiger partial charge in [0.05, 0.1) is 5.56 Å². The van der Waals surface area contributed by atoms with E-state index in [0.717, 1.165) is 37.8 Å². The van der Waals surface area contributed by atoms with E-state index in [9.17, 15) is 9.59 Å². The maximum Gasteiger partial charge on any atom is 0.255 e. The molecule has 0 aliphatic carbocycles. The maximum atomic E-state index is 13.0. The summed E-state index contributed by atoms with van der Waals surface area (Å²) in [4.78, 5) is 29.7. The SMILES string of the molecule is O=C1CCN(C(=O)c2c[nH]cc2Cc2ccccc2)CCCCCN1. The van der Waals surface area contributed by atoms with E-state index in [1.54, 1.807) is 6.20 Å². The van der Waals surface area contributed by atoms with Crippen LogP contribution in [0, 0.1) is 0 Å². The van der Waals surface area contributed by atoms with Crippen molar-refractivity contribution >= 4 is 11.8 Å². The first-order valence-corrected chi connectivity index (χ1v) is 8.99. The molecular formula is C20H25N3O2. The molecule has 25 heavy (non-hydrogen) atoms. The minimum atomic E-state index is 0.0144. The van der Waals surface area contributed by atoms with Gasteiger partial charge in [0.1, 0.15) is 0 Å². The summed E-state index contributed by atoms with van der Waals surface area (Å²) in [5.74, 6) is 0.0406. The van der Waals surface area contributed by atoms with Crippen molar-refractivity contribution in [1.29, 1.82) is 0 Å². The van der Waals surface area contributed by atoms with E-state index >= 15 is 0 Å². The summed E-state index contributed by atoms with van der Waals surface area (Å²) in [6.45, 7) is 1.93. The molecule has 0 bridgehead atoms. The molecule has 132 valence electrons. The average molecular weight is 339 g/mol. The zero-order valence-electron chi connectivity index (χ0n) is 14.5. The lowest BCUT2D eigenvalue weighted by Gasteiger charge is -2.24.